The van der Waals surface area contributed by atoms with Crippen LogP contribution in [0.5, 0.6) is 5.75 Å². The number of methoxy groups -OCH3 is 1. The van der Waals surface area contributed by atoms with Gasteiger partial charge in [0.2, 0.25) is 0 Å². The van der Waals surface area contributed by atoms with Crippen molar-refractivity contribution in [1.29, 1.82) is 0 Å². The fourth-order valence-corrected chi connectivity index (χ4v) is 2.01. The fraction of sp³-hybridized carbons (Fsp3) is 0.500. The number of thioether (sulfide) groups is 1. The van der Waals surface area contributed by atoms with E-state index >= 15 is 0 Å². The summed E-state index contributed by atoms with van der Waals surface area (Å²) in [6.07, 6.45) is 0.437. The van der Waals surface area contributed by atoms with Crippen molar-refractivity contribution >= 4 is 11.8 Å². The third-order valence-electron chi connectivity index (χ3n) is 2.12. The van der Waals surface area contributed by atoms with E-state index in [1.807, 2.05) is 24.3 Å². The predicted molar refractivity (Wildman–Crippen MR) is 65.7 cm³/mol. The molecule has 0 amide bonds. The van der Waals surface area contributed by atoms with Crippen LogP contribution in [0, 0.1) is 0 Å². The molecule has 2 nitrogen and oxygen atoms in total. The Morgan fingerprint density at radius 2 is 2.27 bits per heavy atom. The first kappa shape index (κ1) is 12.4. The molecule has 1 rings (SSSR count). The minimum atomic E-state index is -0.262. The van der Waals surface area contributed by atoms with E-state index in [-0.39, 0.29) is 6.10 Å². The molecule has 0 aliphatic rings. The highest BCUT2D eigenvalue weighted by Crippen LogP contribution is 2.15. The SMILES string of the molecule is CCSCC(O)Cc1cccc(OC)c1. The minimum absolute atomic E-state index is 0.262. The van der Waals surface area contributed by atoms with E-state index in [1.165, 1.54) is 0 Å². The van der Waals surface area contributed by atoms with Gasteiger partial charge in [-0.2, -0.15) is 11.8 Å². The van der Waals surface area contributed by atoms with E-state index in [4.69, 9.17) is 4.74 Å². The molecule has 1 aromatic carbocycles. The number of ether oxygens (including phenoxy) is 1. The number of benzene rings is 1. The third kappa shape index (κ3) is 4.58. The number of hydrogen-bond acceptors (Lipinski definition) is 3. The molecule has 0 spiro atoms. The summed E-state index contributed by atoms with van der Waals surface area (Å²) in [5.41, 5.74) is 1.12. The van der Waals surface area contributed by atoms with E-state index in [9.17, 15) is 5.11 Å². The maximum Gasteiger partial charge on any atom is 0.119 e. The zero-order valence-corrected chi connectivity index (χ0v) is 10.1. The van der Waals surface area contributed by atoms with Crippen molar-refractivity contribution in [1.82, 2.24) is 0 Å². The average Bonchev–Trinajstić information content (AvgIpc) is 2.26. The van der Waals surface area contributed by atoms with Crippen LogP contribution in [-0.2, 0) is 6.42 Å². The van der Waals surface area contributed by atoms with Gasteiger partial charge in [-0.3, -0.25) is 0 Å². The molecular weight excluding hydrogens is 208 g/mol. The Morgan fingerprint density at radius 1 is 1.47 bits per heavy atom. The Hall–Kier alpha value is -0.670. The molecule has 0 aromatic heterocycles. The Morgan fingerprint density at radius 3 is 2.93 bits per heavy atom. The van der Waals surface area contributed by atoms with Crippen molar-refractivity contribution < 1.29 is 9.84 Å². The summed E-state index contributed by atoms with van der Waals surface area (Å²) in [6, 6.07) is 7.85. The van der Waals surface area contributed by atoms with Crippen LogP contribution in [0.4, 0.5) is 0 Å². The van der Waals surface area contributed by atoms with Gasteiger partial charge in [0.15, 0.2) is 0 Å². The molecule has 15 heavy (non-hydrogen) atoms. The summed E-state index contributed by atoms with van der Waals surface area (Å²) in [6.45, 7) is 2.10. The van der Waals surface area contributed by atoms with Crippen molar-refractivity contribution in [3.05, 3.63) is 29.8 Å². The second kappa shape index (κ2) is 6.75. The first-order chi connectivity index (χ1) is 7.26. The van der Waals surface area contributed by atoms with Crippen LogP contribution in [0.2, 0.25) is 0 Å². The highest BCUT2D eigenvalue weighted by atomic mass is 32.2. The molecule has 0 aliphatic heterocycles. The second-order valence-electron chi connectivity index (χ2n) is 3.37. The smallest absolute Gasteiger partial charge is 0.119 e. The van der Waals surface area contributed by atoms with Gasteiger partial charge < -0.3 is 9.84 Å². The van der Waals surface area contributed by atoms with Crippen molar-refractivity contribution in [2.45, 2.75) is 19.4 Å². The summed E-state index contributed by atoms with van der Waals surface area (Å²) in [5, 5.41) is 9.74. The van der Waals surface area contributed by atoms with Crippen molar-refractivity contribution in [2.75, 3.05) is 18.6 Å². The van der Waals surface area contributed by atoms with Crippen LogP contribution < -0.4 is 4.74 Å². The van der Waals surface area contributed by atoms with Gasteiger partial charge in [0.1, 0.15) is 5.75 Å². The summed E-state index contributed by atoms with van der Waals surface area (Å²) < 4.78 is 5.13. The molecular formula is C12H18O2S. The Labute approximate surface area is 95.7 Å². The van der Waals surface area contributed by atoms with Gasteiger partial charge in [0.05, 0.1) is 13.2 Å². The molecule has 0 saturated carbocycles. The maximum absolute atomic E-state index is 9.74. The summed E-state index contributed by atoms with van der Waals surface area (Å²) in [4.78, 5) is 0. The quantitative estimate of drug-likeness (QED) is 0.807. The Bertz CT molecular complexity index is 289. The first-order valence-electron chi connectivity index (χ1n) is 5.15. The molecule has 0 aliphatic carbocycles. The van der Waals surface area contributed by atoms with Crippen molar-refractivity contribution in [3.8, 4) is 5.75 Å². The van der Waals surface area contributed by atoms with Crippen molar-refractivity contribution in [3.63, 3.8) is 0 Å². The molecule has 0 heterocycles. The van der Waals surface area contributed by atoms with Gasteiger partial charge in [-0.1, -0.05) is 19.1 Å². The molecule has 0 bridgehead atoms. The Balaban J connectivity index is 2.48. The van der Waals surface area contributed by atoms with Crippen LogP contribution in [0.1, 0.15) is 12.5 Å². The van der Waals surface area contributed by atoms with Gasteiger partial charge in [-0.05, 0) is 29.9 Å². The minimum Gasteiger partial charge on any atom is -0.497 e. The molecule has 84 valence electrons. The lowest BCUT2D eigenvalue weighted by Gasteiger charge is -2.10. The van der Waals surface area contributed by atoms with Gasteiger partial charge in [0, 0.05) is 5.75 Å². The molecule has 1 aromatic rings. The van der Waals surface area contributed by atoms with E-state index in [0.29, 0.717) is 6.42 Å². The number of hydrogen-bond donors (Lipinski definition) is 1. The van der Waals surface area contributed by atoms with E-state index in [1.54, 1.807) is 18.9 Å². The zero-order valence-electron chi connectivity index (χ0n) is 9.27. The van der Waals surface area contributed by atoms with Crippen LogP contribution >= 0.6 is 11.8 Å². The molecule has 1 N–H and O–H groups in total. The van der Waals surface area contributed by atoms with Crippen molar-refractivity contribution in [2.24, 2.45) is 0 Å². The lowest BCUT2D eigenvalue weighted by molar-refractivity contribution is 0.200. The standard InChI is InChI=1S/C12H18O2S/c1-3-15-9-11(13)7-10-5-4-6-12(8-10)14-2/h4-6,8,11,13H,3,7,9H2,1-2H3. The fourth-order valence-electron chi connectivity index (χ4n) is 1.38. The lowest BCUT2D eigenvalue weighted by Crippen LogP contribution is -2.13. The van der Waals surface area contributed by atoms with Crippen LogP contribution in [0.25, 0.3) is 0 Å². The maximum atomic E-state index is 9.74. The molecule has 0 radical (unpaired) electrons. The highest BCUT2D eigenvalue weighted by molar-refractivity contribution is 7.99. The molecule has 1 atom stereocenters. The van der Waals surface area contributed by atoms with Crippen LogP contribution in [0.15, 0.2) is 24.3 Å². The first-order valence-corrected chi connectivity index (χ1v) is 6.30. The number of rotatable bonds is 6. The zero-order chi connectivity index (χ0) is 11.1. The lowest BCUT2D eigenvalue weighted by atomic mass is 10.1. The predicted octanol–water partition coefficient (Wildman–Crippen LogP) is 2.35. The topological polar surface area (TPSA) is 29.5 Å². The van der Waals surface area contributed by atoms with E-state index in [2.05, 4.69) is 6.92 Å². The van der Waals surface area contributed by atoms with Crippen LogP contribution in [0.3, 0.4) is 0 Å². The normalized spacial score (nSPS) is 12.5. The average molecular weight is 226 g/mol. The number of aliphatic hydroxyl groups excluding tert-OH is 1. The van der Waals surface area contributed by atoms with Gasteiger partial charge >= 0.3 is 0 Å². The third-order valence-corrected chi connectivity index (χ3v) is 3.15. The van der Waals surface area contributed by atoms with E-state index < -0.39 is 0 Å². The molecule has 1 unspecified atom stereocenters. The summed E-state index contributed by atoms with van der Waals surface area (Å²) in [7, 11) is 1.66. The number of aliphatic hydroxyl groups is 1. The van der Waals surface area contributed by atoms with Crippen LogP contribution in [-0.4, -0.2) is 29.8 Å². The van der Waals surface area contributed by atoms with E-state index in [0.717, 1.165) is 22.8 Å². The second-order valence-corrected chi connectivity index (χ2v) is 4.69. The van der Waals surface area contributed by atoms with Gasteiger partial charge in [-0.25, -0.2) is 0 Å². The summed E-state index contributed by atoms with van der Waals surface area (Å²) >= 11 is 1.76. The molecule has 3 heteroatoms. The Kier molecular flexibility index (Phi) is 5.58. The molecule has 0 fully saturated rings. The van der Waals surface area contributed by atoms with Gasteiger partial charge in [0.25, 0.3) is 0 Å². The monoisotopic (exact) mass is 226 g/mol. The molecule has 0 saturated heterocycles. The largest absolute Gasteiger partial charge is 0.497 e. The highest BCUT2D eigenvalue weighted by Gasteiger charge is 2.05. The van der Waals surface area contributed by atoms with Gasteiger partial charge in [-0.15, -0.1) is 0 Å². The summed E-state index contributed by atoms with van der Waals surface area (Å²) in [5.74, 6) is 2.70.